The molecular formula is C14H22N2O4S. The van der Waals surface area contributed by atoms with Crippen LogP contribution in [-0.2, 0) is 22.5 Å². The van der Waals surface area contributed by atoms with Crippen LogP contribution < -0.4 is 10.6 Å². The van der Waals surface area contributed by atoms with Crippen molar-refractivity contribution >= 4 is 23.4 Å². The number of nitrogens with one attached hydrogen (secondary N) is 2. The molecule has 6 nitrogen and oxygen atoms in total. The lowest BCUT2D eigenvalue weighted by Crippen LogP contribution is -2.36. The van der Waals surface area contributed by atoms with Gasteiger partial charge in [0, 0.05) is 29.4 Å². The summed E-state index contributed by atoms with van der Waals surface area (Å²) in [5.41, 5.74) is -0.491. The number of carboxylic acid groups (broad SMARTS) is 1. The highest BCUT2D eigenvalue weighted by molar-refractivity contribution is 7.12. The van der Waals surface area contributed by atoms with E-state index in [1.165, 1.54) is 11.3 Å². The molecule has 1 heterocycles. The average Bonchev–Trinajstić information content (AvgIpc) is 2.73. The Kier molecular flexibility index (Phi) is 6.64. The van der Waals surface area contributed by atoms with Crippen molar-refractivity contribution in [2.24, 2.45) is 0 Å². The van der Waals surface area contributed by atoms with Crippen LogP contribution in [0.25, 0.3) is 0 Å². The second kappa shape index (κ2) is 7.99. The molecule has 0 radical (unpaired) electrons. The van der Waals surface area contributed by atoms with Crippen LogP contribution in [0.2, 0.25) is 0 Å². The van der Waals surface area contributed by atoms with Gasteiger partial charge < -0.3 is 20.5 Å². The number of hydrogen-bond acceptors (Lipinski definition) is 5. The van der Waals surface area contributed by atoms with E-state index < -0.39 is 17.7 Å². The lowest BCUT2D eigenvalue weighted by atomic mass is 10.2. The molecule has 0 aliphatic rings. The average molecular weight is 314 g/mol. The fourth-order valence-electron chi connectivity index (χ4n) is 1.54. The smallest absolute Gasteiger partial charge is 0.407 e. The Morgan fingerprint density at radius 3 is 2.52 bits per heavy atom. The van der Waals surface area contributed by atoms with E-state index >= 15 is 0 Å². The molecule has 118 valence electrons. The van der Waals surface area contributed by atoms with Crippen LogP contribution in [0.15, 0.2) is 12.1 Å². The van der Waals surface area contributed by atoms with E-state index in [-0.39, 0.29) is 6.42 Å². The highest BCUT2D eigenvalue weighted by Gasteiger charge is 2.15. The van der Waals surface area contributed by atoms with E-state index in [1.54, 1.807) is 0 Å². The zero-order valence-corrected chi connectivity index (χ0v) is 13.4. The molecule has 1 rings (SSSR count). The molecule has 7 heteroatoms. The zero-order chi connectivity index (χ0) is 15.9. The first kappa shape index (κ1) is 17.5. The Hall–Kier alpha value is -1.60. The molecule has 0 fully saturated rings. The Morgan fingerprint density at radius 1 is 1.24 bits per heavy atom. The van der Waals surface area contributed by atoms with Gasteiger partial charge in [0.05, 0.1) is 6.42 Å². The van der Waals surface area contributed by atoms with Crippen molar-refractivity contribution in [3.05, 3.63) is 21.9 Å². The molecule has 3 N–H and O–H groups in total. The Morgan fingerprint density at radius 2 is 1.90 bits per heavy atom. The van der Waals surface area contributed by atoms with E-state index in [4.69, 9.17) is 9.84 Å². The van der Waals surface area contributed by atoms with Gasteiger partial charge in [0.25, 0.3) is 0 Å². The van der Waals surface area contributed by atoms with Crippen molar-refractivity contribution in [2.45, 2.75) is 39.3 Å². The fraction of sp³-hybridized carbons (Fsp3) is 0.571. The third kappa shape index (κ3) is 8.31. The molecule has 0 aliphatic heterocycles. The molecule has 0 saturated carbocycles. The van der Waals surface area contributed by atoms with Gasteiger partial charge in [-0.2, -0.15) is 0 Å². The number of carbonyl (C=O) groups excluding carboxylic acids is 1. The van der Waals surface area contributed by atoms with Crippen LogP contribution in [0.5, 0.6) is 0 Å². The second-order valence-corrected chi connectivity index (χ2v) is 6.80. The van der Waals surface area contributed by atoms with Gasteiger partial charge in [-0.1, -0.05) is 0 Å². The van der Waals surface area contributed by atoms with Gasteiger partial charge in [0.1, 0.15) is 5.60 Å². The zero-order valence-electron chi connectivity index (χ0n) is 12.6. The highest BCUT2D eigenvalue weighted by Crippen LogP contribution is 2.16. The molecule has 1 aromatic rings. The van der Waals surface area contributed by atoms with Crippen molar-refractivity contribution in [1.82, 2.24) is 10.6 Å². The lowest BCUT2D eigenvalue weighted by molar-refractivity contribution is -0.136. The maximum Gasteiger partial charge on any atom is 0.407 e. The number of hydrogen-bond donors (Lipinski definition) is 3. The van der Waals surface area contributed by atoms with Crippen molar-refractivity contribution in [2.75, 3.05) is 13.1 Å². The van der Waals surface area contributed by atoms with Gasteiger partial charge in [-0.25, -0.2) is 4.79 Å². The van der Waals surface area contributed by atoms with Crippen LogP contribution in [0.1, 0.15) is 30.5 Å². The number of aliphatic carboxylic acids is 1. The molecule has 0 aromatic carbocycles. The predicted octanol–water partition coefficient (Wildman–Crippen LogP) is 1.99. The Balaban J connectivity index is 2.15. The van der Waals surface area contributed by atoms with Crippen LogP contribution in [0, 0.1) is 0 Å². The van der Waals surface area contributed by atoms with E-state index in [0.29, 0.717) is 19.6 Å². The number of ether oxygens (including phenoxy) is 1. The normalized spacial score (nSPS) is 11.2. The summed E-state index contributed by atoms with van der Waals surface area (Å²) in [5, 5.41) is 14.5. The van der Waals surface area contributed by atoms with Gasteiger partial charge in [0.15, 0.2) is 0 Å². The van der Waals surface area contributed by atoms with Crippen molar-refractivity contribution in [1.29, 1.82) is 0 Å². The Bertz CT molecular complexity index is 480. The summed E-state index contributed by atoms with van der Waals surface area (Å²) < 4.78 is 5.11. The summed E-state index contributed by atoms with van der Waals surface area (Å²) in [6.07, 6.45) is -0.366. The standard InChI is InChI=1S/C14H22N2O4S/c1-14(2,3)20-13(19)16-7-6-15-9-11-5-4-10(21-11)8-12(17)18/h4-5,15H,6-9H2,1-3H3,(H,16,19)(H,17,18). The van der Waals surface area contributed by atoms with Gasteiger partial charge in [-0.15, -0.1) is 11.3 Å². The number of amides is 1. The minimum absolute atomic E-state index is 0.0604. The summed E-state index contributed by atoms with van der Waals surface area (Å²) >= 11 is 1.48. The first-order chi connectivity index (χ1) is 9.76. The number of thiophene rings is 1. The van der Waals surface area contributed by atoms with Gasteiger partial charge in [0.2, 0.25) is 0 Å². The molecule has 0 unspecified atom stereocenters. The van der Waals surface area contributed by atoms with E-state index in [2.05, 4.69) is 10.6 Å². The third-order valence-electron chi connectivity index (χ3n) is 2.31. The van der Waals surface area contributed by atoms with Crippen molar-refractivity contribution < 1.29 is 19.4 Å². The molecule has 0 atom stereocenters. The molecule has 1 amide bonds. The van der Waals surface area contributed by atoms with Crippen LogP contribution in [0.4, 0.5) is 4.79 Å². The largest absolute Gasteiger partial charge is 0.481 e. The summed E-state index contributed by atoms with van der Waals surface area (Å²) in [5.74, 6) is -0.821. The first-order valence-corrected chi connectivity index (χ1v) is 7.55. The SMILES string of the molecule is CC(C)(C)OC(=O)NCCNCc1ccc(CC(=O)O)s1. The molecule has 1 aromatic heterocycles. The summed E-state index contributed by atoms with van der Waals surface area (Å²) in [6, 6.07) is 3.74. The number of carboxylic acids is 1. The van der Waals surface area contributed by atoms with Crippen LogP contribution in [-0.4, -0.2) is 35.9 Å². The Labute approximate surface area is 128 Å². The summed E-state index contributed by atoms with van der Waals surface area (Å²) in [7, 11) is 0. The summed E-state index contributed by atoms with van der Waals surface area (Å²) in [4.78, 5) is 23.9. The van der Waals surface area contributed by atoms with Crippen molar-refractivity contribution in [3.63, 3.8) is 0 Å². The molecular weight excluding hydrogens is 292 g/mol. The monoisotopic (exact) mass is 314 g/mol. The maximum absolute atomic E-state index is 11.4. The minimum Gasteiger partial charge on any atom is -0.481 e. The van der Waals surface area contributed by atoms with E-state index in [1.807, 2.05) is 32.9 Å². The quantitative estimate of drug-likeness (QED) is 0.670. The van der Waals surface area contributed by atoms with Crippen molar-refractivity contribution in [3.8, 4) is 0 Å². The van der Waals surface area contributed by atoms with Gasteiger partial charge in [-0.05, 0) is 32.9 Å². The molecule has 0 saturated heterocycles. The van der Waals surface area contributed by atoms with E-state index in [0.717, 1.165) is 9.75 Å². The third-order valence-corrected chi connectivity index (χ3v) is 3.40. The molecule has 0 aliphatic carbocycles. The maximum atomic E-state index is 11.4. The lowest BCUT2D eigenvalue weighted by Gasteiger charge is -2.19. The summed E-state index contributed by atoms with van der Waals surface area (Å²) in [6.45, 7) is 7.19. The molecule has 21 heavy (non-hydrogen) atoms. The van der Waals surface area contributed by atoms with Crippen LogP contribution in [0.3, 0.4) is 0 Å². The van der Waals surface area contributed by atoms with Gasteiger partial charge >= 0.3 is 12.1 Å². The molecule has 0 spiro atoms. The predicted molar refractivity (Wildman–Crippen MR) is 81.6 cm³/mol. The van der Waals surface area contributed by atoms with Crippen LogP contribution >= 0.6 is 11.3 Å². The highest BCUT2D eigenvalue weighted by atomic mass is 32.1. The number of alkyl carbamates (subject to hydrolysis) is 1. The van der Waals surface area contributed by atoms with Gasteiger partial charge in [-0.3, -0.25) is 4.79 Å². The topological polar surface area (TPSA) is 87.7 Å². The van der Waals surface area contributed by atoms with E-state index in [9.17, 15) is 9.59 Å². The molecule has 0 bridgehead atoms. The number of rotatable bonds is 7. The second-order valence-electron chi connectivity index (χ2n) is 5.54. The fourth-order valence-corrected chi connectivity index (χ4v) is 2.52. The minimum atomic E-state index is -0.821. The number of carbonyl (C=O) groups is 2. The first-order valence-electron chi connectivity index (χ1n) is 6.73.